The molecule has 1 unspecified atom stereocenters. The molecule has 0 saturated heterocycles. The highest BCUT2D eigenvalue weighted by Gasteiger charge is 2.11. The van der Waals surface area contributed by atoms with E-state index in [1.54, 1.807) is 19.1 Å². The third kappa shape index (κ3) is 5.42. The van der Waals surface area contributed by atoms with Crippen LogP contribution in [0.25, 0.3) is 0 Å². The van der Waals surface area contributed by atoms with Gasteiger partial charge in [-0.15, -0.1) is 0 Å². The Hall–Kier alpha value is -3.20. The third-order valence-electron chi connectivity index (χ3n) is 3.46. The minimum absolute atomic E-state index is 0.00803. The molecule has 0 aliphatic heterocycles. The van der Waals surface area contributed by atoms with Gasteiger partial charge in [0.2, 0.25) is 0 Å². The van der Waals surface area contributed by atoms with Gasteiger partial charge in [0.25, 0.3) is 5.91 Å². The first-order valence-electron chi connectivity index (χ1n) is 7.56. The van der Waals surface area contributed by atoms with E-state index < -0.39 is 18.5 Å². The molecule has 0 bridgehead atoms. The van der Waals surface area contributed by atoms with Crippen molar-refractivity contribution < 1.29 is 28.3 Å². The van der Waals surface area contributed by atoms with Crippen molar-refractivity contribution in [3.8, 4) is 5.75 Å². The standard InChI is InChI=1S/C17H17F2N3O4/c1-10(11-2-4-12(5-3-11)15(23)22-25)20-17(24)21-13-6-8-14(9-7-13)26-16(18)19/h2-10,16,25H,1H3,(H,22,23)(H2,20,21,24). The molecule has 3 amide bonds. The smallest absolute Gasteiger partial charge is 0.387 e. The molecule has 2 aromatic carbocycles. The fraction of sp³-hybridized carbons (Fsp3) is 0.176. The van der Waals surface area contributed by atoms with E-state index in [-0.39, 0.29) is 17.4 Å². The third-order valence-corrected chi connectivity index (χ3v) is 3.46. The molecule has 0 aliphatic rings. The number of urea groups is 1. The van der Waals surface area contributed by atoms with Crippen LogP contribution in [0.5, 0.6) is 5.75 Å². The van der Waals surface area contributed by atoms with E-state index in [1.807, 2.05) is 0 Å². The van der Waals surface area contributed by atoms with Crippen molar-refractivity contribution in [2.24, 2.45) is 0 Å². The van der Waals surface area contributed by atoms with Gasteiger partial charge in [-0.25, -0.2) is 10.3 Å². The molecular formula is C17H17F2N3O4. The van der Waals surface area contributed by atoms with Crippen LogP contribution in [0.4, 0.5) is 19.3 Å². The number of carbonyl (C=O) groups is 2. The van der Waals surface area contributed by atoms with Gasteiger partial charge in [-0.3, -0.25) is 10.0 Å². The molecule has 2 rings (SSSR count). The van der Waals surface area contributed by atoms with Crippen molar-refractivity contribution in [3.05, 3.63) is 59.7 Å². The van der Waals surface area contributed by atoms with Gasteiger partial charge in [0.1, 0.15) is 5.75 Å². The number of rotatable bonds is 6. The summed E-state index contributed by atoms with van der Waals surface area (Å²) in [7, 11) is 0. The lowest BCUT2D eigenvalue weighted by Gasteiger charge is -2.15. The molecule has 1 atom stereocenters. The highest BCUT2D eigenvalue weighted by Crippen LogP contribution is 2.18. The average Bonchev–Trinajstić information content (AvgIpc) is 2.62. The van der Waals surface area contributed by atoms with Crippen LogP contribution in [0.15, 0.2) is 48.5 Å². The van der Waals surface area contributed by atoms with Gasteiger partial charge in [0.05, 0.1) is 6.04 Å². The summed E-state index contributed by atoms with van der Waals surface area (Å²) in [5.41, 5.74) is 2.97. The molecule has 7 nitrogen and oxygen atoms in total. The average molecular weight is 365 g/mol. The Morgan fingerprint density at radius 1 is 1.04 bits per heavy atom. The summed E-state index contributed by atoms with van der Waals surface area (Å²) in [6, 6.07) is 11.0. The lowest BCUT2D eigenvalue weighted by atomic mass is 10.1. The van der Waals surface area contributed by atoms with Gasteiger partial charge < -0.3 is 15.4 Å². The van der Waals surface area contributed by atoms with Crippen molar-refractivity contribution in [2.75, 3.05) is 5.32 Å². The van der Waals surface area contributed by atoms with Gasteiger partial charge in [-0.05, 0) is 48.9 Å². The fourth-order valence-corrected chi connectivity index (χ4v) is 2.15. The van der Waals surface area contributed by atoms with Crippen LogP contribution in [0.3, 0.4) is 0 Å². The summed E-state index contributed by atoms with van der Waals surface area (Å²) < 4.78 is 28.4. The van der Waals surface area contributed by atoms with E-state index in [0.717, 1.165) is 5.56 Å². The number of hydroxylamine groups is 1. The van der Waals surface area contributed by atoms with E-state index in [9.17, 15) is 18.4 Å². The lowest BCUT2D eigenvalue weighted by Crippen LogP contribution is -2.31. The molecule has 4 N–H and O–H groups in total. The van der Waals surface area contributed by atoms with Crippen LogP contribution >= 0.6 is 0 Å². The summed E-state index contributed by atoms with van der Waals surface area (Å²) in [5, 5.41) is 13.9. The molecule has 0 heterocycles. The van der Waals surface area contributed by atoms with E-state index in [4.69, 9.17) is 5.21 Å². The second-order valence-electron chi connectivity index (χ2n) is 5.29. The Morgan fingerprint density at radius 2 is 1.65 bits per heavy atom. The number of halogens is 2. The second kappa shape index (κ2) is 8.77. The van der Waals surface area contributed by atoms with Gasteiger partial charge in [0, 0.05) is 11.3 Å². The number of amides is 3. The lowest BCUT2D eigenvalue weighted by molar-refractivity contribution is -0.0498. The maximum Gasteiger partial charge on any atom is 0.387 e. The number of hydrogen-bond donors (Lipinski definition) is 4. The number of ether oxygens (including phenoxy) is 1. The van der Waals surface area contributed by atoms with Gasteiger partial charge in [-0.2, -0.15) is 8.78 Å². The van der Waals surface area contributed by atoms with E-state index in [0.29, 0.717) is 5.69 Å². The normalized spacial score (nSPS) is 11.6. The SMILES string of the molecule is CC(NC(=O)Nc1ccc(OC(F)F)cc1)c1ccc(C(=O)NO)cc1. The van der Waals surface area contributed by atoms with Crippen molar-refractivity contribution in [1.82, 2.24) is 10.8 Å². The van der Waals surface area contributed by atoms with Crippen molar-refractivity contribution >= 4 is 17.6 Å². The first-order chi connectivity index (χ1) is 12.4. The highest BCUT2D eigenvalue weighted by molar-refractivity contribution is 5.93. The van der Waals surface area contributed by atoms with Gasteiger partial charge >= 0.3 is 12.6 Å². The highest BCUT2D eigenvalue weighted by atomic mass is 19.3. The topological polar surface area (TPSA) is 99.7 Å². The van der Waals surface area contributed by atoms with Gasteiger partial charge in [-0.1, -0.05) is 12.1 Å². The number of hydrogen-bond acceptors (Lipinski definition) is 4. The molecule has 138 valence electrons. The largest absolute Gasteiger partial charge is 0.435 e. The minimum atomic E-state index is -2.91. The summed E-state index contributed by atoms with van der Waals surface area (Å²) in [6.45, 7) is -1.16. The summed E-state index contributed by atoms with van der Waals surface area (Å²) in [5.74, 6) is -0.638. The predicted molar refractivity (Wildman–Crippen MR) is 89.3 cm³/mol. The number of carbonyl (C=O) groups excluding carboxylic acids is 2. The summed E-state index contributed by atoms with van der Waals surface area (Å²) in [4.78, 5) is 23.3. The van der Waals surface area contributed by atoms with Crippen molar-refractivity contribution in [2.45, 2.75) is 19.6 Å². The minimum Gasteiger partial charge on any atom is -0.435 e. The monoisotopic (exact) mass is 365 g/mol. The van der Waals surface area contributed by atoms with Crippen LogP contribution in [0, 0.1) is 0 Å². The molecule has 0 saturated carbocycles. The van der Waals surface area contributed by atoms with Crippen LogP contribution < -0.4 is 20.9 Å². The van der Waals surface area contributed by atoms with Crippen LogP contribution in [-0.4, -0.2) is 23.8 Å². The number of nitrogens with one attached hydrogen (secondary N) is 3. The quantitative estimate of drug-likeness (QED) is 0.466. The fourth-order valence-electron chi connectivity index (χ4n) is 2.15. The molecule has 0 radical (unpaired) electrons. The number of alkyl halides is 2. The number of anilines is 1. The molecule has 0 aliphatic carbocycles. The molecule has 9 heteroatoms. The van der Waals surface area contributed by atoms with E-state index in [2.05, 4.69) is 15.4 Å². The predicted octanol–water partition coefficient (Wildman–Crippen LogP) is 3.29. The molecule has 0 spiro atoms. The van der Waals surface area contributed by atoms with Crippen molar-refractivity contribution in [1.29, 1.82) is 0 Å². The first kappa shape index (κ1) is 19.1. The van der Waals surface area contributed by atoms with Gasteiger partial charge in [0.15, 0.2) is 0 Å². The Kier molecular flexibility index (Phi) is 6.45. The Labute approximate surface area is 147 Å². The Bertz CT molecular complexity index is 752. The zero-order valence-electron chi connectivity index (χ0n) is 13.7. The molecule has 0 aromatic heterocycles. The maximum atomic E-state index is 12.1. The number of benzene rings is 2. The molecule has 2 aromatic rings. The molecule has 0 fully saturated rings. The maximum absolute atomic E-state index is 12.1. The van der Waals surface area contributed by atoms with E-state index in [1.165, 1.54) is 41.9 Å². The summed E-state index contributed by atoms with van der Waals surface area (Å²) in [6.07, 6.45) is 0. The molecular weight excluding hydrogens is 348 g/mol. The van der Waals surface area contributed by atoms with Crippen LogP contribution in [-0.2, 0) is 0 Å². The molecule has 26 heavy (non-hydrogen) atoms. The summed E-state index contributed by atoms with van der Waals surface area (Å²) >= 11 is 0. The zero-order chi connectivity index (χ0) is 19.1. The Balaban J connectivity index is 1.91. The van der Waals surface area contributed by atoms with E-state index >= 15 is 0 Å². The Morgan fingerprint density at radius 3 is 2.19 bits per heavy atom. The van der Waals surface area contributed by atoms with Crippen LogP contribution in [0.1, 0.15) is 28.9 Å². The second-order valence-corrected chi connectivity index (χ2v) is 5.29. The first-order valence-corrected chi connectivity index (χ1v) is 7.56. The van der Waals surface area contributed by atoms with Crippen molar-refractivity contribution in [3.63, 3.8) is 0 Å². The zero-order valence-corrected chi connectivity index (χ0v) is 13.7. The van der Waals surface area contributed by atoms with Crippen LogP contribution in [0.2, 0.25) is 0 Å².